The van der Waals surface area contributed by atoms with Crippen molar-refractivity contribution in [2.75, 3.05) is 13.2 Å². The van der Waals surface area contributed by atoms with Gasteiger partial charge in [0.1, 0.15) is 5.82 Å². The summed E-state index contributed by atoms with van der Waals surface area (Å²) in [6, 6.07) is 1.63. The Hall–Kier alpha value is -0.550. The SMILES string of the molecule is CC.CCOP(=S)(OCC)Oc1ccnc(C)n1. The van der Waals surface area contributed by atoms with E-state index >= 15 is 0 Å². The van der Waals surface area contributed by atoms with Gasteiger partial charge in [0.15, 0.2) is 0 Å². The third-order valence-electron chi connectivity index (χ3n) is 1.53. The smallest absolute Gasteiger partial charge is 0.381 e. The lowest BCUT2D eigenvalue weighted by atomic mass is 10.6. The molecule has 0 saturated carbocycles. The Bertz CT molecular complexity index is 380. The van der Waals surface area contributed by atoms with Gasteiger partial charge in [0, 0.05) is 24.1 Å². The van der Waals surface area contributed by atoms with Crippen molar-refractivity contribution in [2.24, 2.45) is 0 Å². The van der Waals surface area contributed by atoms with Crippen LogP contribution in [-0.2, 0) is 20.9 Å². The van der Waals surface area contributed by atoms with Crippen LogP contribution in [0.3, 0.4) is 0 Å². The summed E-state index contributed by atoms with van der Waals surface area (Å²) in [5.41, 5.74) is 0. The third kappa shape index (κ3) is 6.40. The van der Waals surface area contributed by atoms with E-state index < -0.39 is 6.72 Å². The van der Waals surface area contributed by atoms with Crippen molar-refractivity contribution in [3.63, 3.8) is 0 Å². The van der Waals surface area contributed by atoms with Crippen molar-refractivity contribution in [1.29, 1.82) is 0 Å². The first kappa shape index (κ1) is 17.4. The number of aryl methyl sites for hydroxylation is 1. The lowest BCUT2D eigenvalue weighted by Gasteiger charge is -2.20. The molecule has 0 radical (unpaired) electrons. The van der Waals surface area contributed by atoms with Gasteiger partial charge in [0.25, 0.3) is 0 Å². The van der Waals surface area contributed by atoms with Gasteiger partial charge in [-0.3, -0.25) is 9.05 Å². The summed E-state index contributed by atoms with van der Waals surface area (Å²) < 4.78 is 16.2. The maximum absolute atomic E-state index is 5.49. The van der Waals surface area contributed by atoms with Gasteiger partial charge < -0.3 is 4.52 Å². The van der Waals surface area contributed by atoms with Gasteiger partial charge in [-0.05, 0) is 20.8 Å². The molecule has 0 saturated heterocycles. The molecule has 0 N–H and O–H groups in total. The second-order valence-electron chi connectivity index (χ2n) is 2.82. The predicted molar refractivity (Wildman–Crippen MR) is 76.3 cm³/mol. The van der Waals surface area contributed by atoms with Gasteiger partial charge in [0.05, 0.1) is 13.2 Å². The summed E-state index contributed by atoms with van der Waals surface area (Å²) >= 11 is 5.21. The van der Waals surface area contributed by atoms with E-state index in [1.54, 1.807) is 19.2 Å². The molecule has 104 valence electrons. The summed E-state index contributed by atoms with van der Waals surface area (Å²) in [5.74, 6) is 1.00. The van der Waals surface area contributed by atoms with Gasteiger partial charge in [0.2, 0.25) is 5.88 Å². The molecular formula is C11H21N2O3PS. The molecule has 5 nitrogen and oxygen atoms in total. The minimum absolute atomic E-state index is 0.387. The second-order valence-corrected chi connectivity index (χ2v) is 5.75. The first-order valence-corrected chi connectivity index (χ1v) is 8.53. The summed E-state index contributed by atoms with van der Waals surface area (Å²) in [6.45, 7) is 7.63. The lowest BCUT2D eigenvalue weighted by molar-refractivity contribution is 0.216. The first-order chi connectivity index (χ1) is 8.59. The molecule has 0 bridgehead atoms. The van der Waals surface area contributed by atoms with E-state index in [4.69, 9.17) is 25.4 Å². The van der Waals surface area contributed by atoms with Crippen molar-refractivity contribution >= 4 is 18.5 Å². The molecule has 1 aromatic rings. The van der Waals surface area contributed by atoms with Crippen LogP contribution < -0.4 is 4.52 Å². The maximum Gasteiger partial charge on any atom is 0.381 e. The van der Waals surface area contributed by atoms with Crippen LogP contribution in [0.15, 0.2) is 12.3 Å². The summed E-state index contributed by atoms with van der Waals surface area (Å²) in [6.07, 6.45) is 1.61. The highest BCUT2D eigenvalue weighted by Gasteiger charge is 2.21. The molecule has 0 aliphatic heterocycles. The molecule has 7 heteroatoms. The Balaban J connectivity index is 0.00000137. The van der Waals surface area contributed by atoms with Gasteiger partial charge in [-0.1, -0.05) is 13.8 Å². The molecule has 0 atom stereocenters. The van der Waals surface area contributed by atoms with Crippen LogP contribution in [0.5, 0.6) is 5.88 Å². The number of hydrogen-bond acceptors (Lipinski definition) is 6. The highest BCUT2D eigenvalue weighted by atomic mass is 32.5. The van der Waals surface area contributed by atoms with Gasteiger partial charge in [-0.15, -0.1) is 0 Å². The largest absolute Gasteiger partial charge is 0.406 e. The molecule has 0 fully saturated rings. The van der Waals surface area contributed by atoms with Gasteiger partial charge in [-0.25, -0.2) is 4.98 Å². The van der Waals surface area contributed by atoms with Crippen LogP contribution in [0.2, 0.25) is 0 Å². The van der Waals surface area contributed by atoms with E-state index in [1.165, 1.54) is 0 Å². The highest BCUT2D eigenvalue weighted by molar-refractivity contribution is 8.07. The average molecular weight is 292 g/mol. The Morgan fingerprint density at radius 1 is 1.22 bits per heavy atom. The summed E-state index contributed by atoms with van der Waals surface area (Å²) in [7, 11) is 0. The number of nitrogens with zero attached hydrogens (tertiary/aromatic N) is 2. The Kier molecular flexibility index (Phi) is 9.10. The van der Waals surface area contributed by atoms with Crippen molar-refractivity contribution in [1.82, 2.24) is 9.97 Å². The van der Waals surface area contributed by atoms with Gasteiger partial charge in [-0.2, -0.15) is 4.98 Å². The fraction of sp³-hybridized carbons (Fsp3) is 0.636. The molecule has 1 aromatic heterocycles. The zero-order valence-corrected chi connectivity index (χ0v) is 13.3. The molecule has 1 heterocycles. The van der Waals surface area contributed by atoms with E-state index in [0.29, 0.717) is 24.9 Å². The van der Waals surface area contributed by atoms with Crippen molar-refractivity contribution in [2.45, 2.75) is 34.6 Å². The molecule has 0 aliphatic carbocycles. The quantitative estimate of drug-likeness (QED) is 0.748. The summed E-state index contributed by atoms with van der Waals surface area (Å²) in [5, 5.41) is 0. The van der Waals surface area contributed by atoms with Crippen molar-refractivity contribution < 1.29 is 13.6 Å². The molecular weight excluding hydrogens is 271 g/mol. The van der Waals surface area contributed by atoms with E-state index in [2.05, 4.69) is 9.97 Å². The zero-order chi connectivity index (χ0) is 14.0. The highest BCUT2D eigenvalue weighted by Crippen LogP contribution is 2.49. The molecule has 0 spiro atoms. The Morgan fingerprint density at radius 2 is 1.78 bits per heavy atom. The molecule has 0 amide bonds. The Labute approximate surface area is 114 Å². The third-order valence-corrected chi connectivity index (χ3v) is 3.95. The number of aromatic nitrogens is 2. The lowest BCUT2D eigenvalue weighted by Crippen LogP contribution is -2.03. The van der Waals surface area contributed by atoms with Crippen LogP contribution in [0.25, 0.3) is 0 Å². The number of hydrogen-bond donors (Lipinski definition) is 0. The monoisotopic (exact) mass is 292 g/mol. The predicted octanol–water partition coefficient (Wildman–Crippen LogP) is 3.49. The second kappa shape index (κ2) is 9.39. The zero-order valence-electron chi connectivity index (χ0n) is 11.5. The summed E-state index contributed by atoms with van der Waals surface area (Å²) in [4.78, 5) is 8.06. The first-order valence-electron chi connectivity index (χ1n) is 5.98. The Morgan fingerprint density at radius 3 is 2.22 bits per heavy atom. The molecule has 0 aliphatic rings. The fourth-order valence-corrected chi connectivity index (χ4v) is 3.01. The van der Waals surface area contributed by atoms with E-state index in [9.17, 15) is 0 Å². The standard InChI is InChI=1S/C9H15N2O3PS.C2H6/c1-4-12-15(16,13-5-2)14-9-6-7-10-8(3)11-9;1-2/h6-7H,4-5H2,1-3H3;1-2H3. The normalized spacial score (nSPS) is 10.5. The fourth-order valence-electron chi connectivity index (χ4n) is 1.01. The van der Waals surface area contributed by atoms with Crippen LogP contribution >= 0.6 is 6.72 Å². The minimum atomic E-state index is -2.72. The molecule has 18 heavy (non-hydrogen) atoms. The van der Waals surface area contributed by atoms with Crippen molar-refractivity contribution in [3.05, 3.63) is 18.1 Å². The minimum Gasteiger partial charge on any atom is -0.406 e. The van der Waals surface area contributed by atoms with Crippen LogP contribution in [0.4, 0.5) is 0 Å². The maximum atomic E-state index is 5.49. The number of rotatable bonds is 6. The van der Waals surface area contributed by atoms with Gasteiger partial charge >= 0.3 is 6.72 Å². The molecule has 1 rings (SSSR count). The van der Waals surface area contributed by atoms with E-state index in [0.717, 1.165) is 0 Å². The van der Waals surface area contributed by atoms with Crippen LogP contribution in [-0.4, -0.2) is 23.2 Å². The van der Waals surface area contributed by atoms with Crippen LogP contribution in [0, 0.1) is 6.92 Å². The van der Waals surface area contributed by atoms with E-state index in [1.807, 2.05) is 27.7 Å². The van der Waals surface area contributed by atoms with E-state index in [-0.39, 0.29) is 0 Å². The van der Waals surface area contributed by atoms with Crippen LogP contribution in [0.1, 0.15) is 33.5 Å². The average Bonchev–Trinajstić information content (AvgIpc) is 2.32. The molecule has 0 aromatic carbocycles. The topological polar surface area (TPSA) is 53.5 Å². The van der Waals surface area contributed by atoms with Crippen molar-refractivity contribution in [3.8, 4) is 5.88 Å². The molecule has 0 unspecified atom stereocenters.